The van der Waals surface area contributed by atoms with E-state index in [9.17, 15) is 0 Å². The summed E-state index contributed by atoms with van der Waals surface area (Å²) in [5.74, 6) is 0.788. The molecule has 1 aromatic heterocycles. The van der Waals surface area contributed by atoms with Gasteiger partial charge in [-0.05, 0) is 37.8 Å². The Morgan fingerprint density at radius 2 is 2.11 bits per heavy atom. The number of aromatic nitrogens is 1. The van der Waals surface area contributed by atoms with Crippen LogP contribution in [-0.4, -0.2) is 11.0 Å². The highest BCUT2D eigenvalue weighted by atomic mass is 35.5. The summed E-state index contributed by atoms with van der Waals surface area (Å²) >= 11 is 7.86. The number of fused-ring (bicyclic) bond motifs is 1. The monoisotopic (exact) mass is 294 g/mol. The Labute approximate surface area is 123 Å². The second kappa shape index (κ2) is 5.68. The summed E-state index contributed by atoms with van der Waals surface area (Å²) in [5, 5.41) is 5.38. The predicted molar refractivity (Wildman–Crippen MR) is 84.3 cm³/mol. The van der Waals surface area contributed by atoms with Crippen molar-refractivity contribution in [1.29, 1.82) is 0 Å². The van der Waals surface area contributed by atoms with E-state index >= 15 is 0 Å². The summed E-state index contributed by atoms with van der Waals surface area (Å²) in [6, 6.07) is 6.41. The molecule has 1 aromatic carbocycles. The van der Waals surface area contributed by atoms with Crippen LogP contribution in [0.1, 0.15) is 39.0 Å². The van der Waals surface area contributed by atoms with Gasteiger partial charge in [-0.25, -0.2) is 4.98 Å². The van der Waals surface area contributed by atoms with E-state index in [-0.39, 0.29) is 0 Å². The van der Waals surface area contributed by atoms with Gasteiger partial charge >= 0.3 is 0 Å². The molecule has 1 aliphatic carbocycles. The zero-order chi connectivity index (χ0) is 13.2. The summed E-state index contributed by atoms with van der Waals surface area (Å²) < 4.78 is 1.09. The molecule has 0 radical (unpaired) electrons. The van der Waals surface area contributed by atoms with Crippen molar-refractivity contribution >= 4 is 38.3 Å². The van der Waals surface area contributed by atoms with E-state index in [0.29, 0.717) is 6.04 Å². The van der Waals surface area contributed by atoms with Gasteiger partial charge in [0.1, 0.15) is 0 Å². The third kappa shape index (κ3) is 2.87. The molecule has 19 heavy (non-hydrogen) atoms. The lowest BCUT2D eigenvalue weighted by Gasteiger charge is -2.28. The first-order valence-corrected chi connectivity index (χ1v) is 8.25. The van der Waals surface area contributed by atoms with Gasteiger partial charge in [-0.2, -0.15) is 0 Å². The van der Waals surface area contributed by atoms with Crippen molar-refractivity contribution in [2.75, 3.05) is 5.32 Å². The number of nitrogens with one attached hydrogen (secondary N) is 1. The second-order valence-corrected chi connectivity index (χ2v) is 6.84. The molecule has 0 amide bonds. The van der Waals surface area contributed by atoms with E-state index in [1.807, 2.05) is 18.2 Å². The maximum absolute atomic E-state index is 6.20. The molecule has 2 nitrogen and oxygen atoms in total. The lowest BCUT2D eigenvalue weighted by atomic mass is 9.85. The SMILES string of the molecule is CC(Nc1nc2cccc(Cl)c2s1)C1CCCCC1. The van der Waals surface area contributed by atoms with Crippen molar-refractivity contribution in [2.45, 2.75) is 45.1 Å². The predicted octanol–water partition coefficient (Wildman–Crippen LogP) is 5.33. The Hall–Kier alpha value is -0.800. The molecule has 2 aromatic rings. The van der Waals surface area contributed by atoms with Crippen LogP contribution in [0.4, 0.5) is 5.13 Å². The molecule has 1 heterocycles. The first-order chi connectivity index (χ1) is 9.24. The smallest absolute Gasteiger partial charge is 0.184 e. The summed E-state index contributed by atoms with van der Waals surface area (Å²) in [7, 11) is 0. The summed E-state index contributed by atoms with van der Waals surface area (Å²) in [6.45, 7) is 2.28. The largest absolute Gasteiger partial charge is 0.359 e. The Morgan fingerprint density at radius 1 is 1.32 bits per heavy atom. The third-order valence-electron chi connectivity index (χ3n) is 4.08. The summed E-state index contributed by atoms with van der Waals surface area (Å²) in [4.78, 5) is 4.63. The molecule has 102 valence electrons. The fourth-order valence-corrected chi connectivity index (χ4v) is 4.18. The van der Waals surface area contributed by atoms with Crippen LogP contribution in [0, 0.1) is 5.92 Å². The first-order valence-electron chi connectivity index (χ1n) is 7.05. The van der Waals surface area contributed by atoms with Gasteiger partial charge in [0.05, 0.1) is 15.2 Å². The molecule has 0 aliphatic heterocycles. The van der Waals surface area contributed by atoms with Crippen LogP contribution in [-0.2, 0) is 0 Å². The lowest BCUT2D eigenvalue weighted by molar-refractivity contribution is 0.328. The molecule has 1 unspecified atom stereocenters. The van der Waals surface area contributed by atoms with E-state index < -0.39 is 0 Å². The molecule has 0 spiro atoms. The number of hydrogen-bond acceptors (Lipinski definition) is 3. The van der Waals surface area contributed by atoms with Crippen LogP contribution in [0.25, 0.3) is 10.2 Å². The molecular formula is C15H19ClN2S. The molecule has 3 rings (SSSR count). The van der Waals surface area contributed by atoms with Gasteiger partial charge in [0, 0.05) is 6.04 Å². The highest BCUT2D eigenvalue weighted by molar-refractivity contribution is 7.22. The van der Waals surface area contributed by atoms with E-state index in [1.165, 1.54) is 32.1 Å². The number of thiazole rings is 1. The van der Waals surface area contributed by atoms with Crippen LogP contribution in [0.15, 0.2) is 18.2 Å². The molecule has 0 bridgehead atoms. The maximum Gasteiger partial charge on any atom is 0.184 e. The Bertz CT molecular complexity index is 560. The van der Waals surface area contributed by atoms with Gasteiger partial charge < -0.3 is 5.32 Å². The number of nitrogens with zero attached hydrogens (tertiary/aromatic N) is 1. The topological polar surface area (TPSA) is 24.9 Å². The number of anilines is 1. The van der Waals surface area contributed by atoms with Crippen molar-refractivity contribution < 1.29 is 0 Å². The average Bonchev–Trinajstić information content (AvgIpc) is 2.84. The van der Waals surface area contributed by atoms with E-state index in [0.717, 1.165) is 26.3 Å². The van der Waals surface area contributed by atoms with Crippen LogP contribution < -0.4 is 5.32 Å². The van der Waals surface area contributed by atoms with Crippen molar-refractivity contribution in [3.8, 4) is 0 Å². The molecule has 1 N–H and O–H groups in total. The quantitative estimate of drug-likeness (QED) is 0.827. The van der Waals surface area contributed by atoms with Gasteiger partial charge in [0.15, 0.2) is 5.13 Å². The van der Waals surface area contributed by atoms with Gasteiger partial charge in [0.2, 0.25) is 0 Å². The number of hydrogen-bond donors (Lipinski definition) is 1. The van der Waals surface area contributed by atoms with Crippen LogP contribution in [0.5, 0.6) is 0 Å². The number of halogens is 1. The minimum absolute atomic E-state index is 0.500. The fourth-order valence-electron chi connectivity index (χ4n) is 2.92. The van der Waals surface area contributed by atoms with Gasteiger partial charge in [-0.15, -0.1) is 0 Å². The Morgan fingerprint density at radius 3 is 2.84 bits per heavy atom. The zero-order valence-corrected chi connectivity index (χ0v) is 12.7. The van der Waals surface area contributed by atoms with E-state index in [2.05, 4.69) is 17.2 Å². The maximum atomic E-state index is 6.20. The number of benzene rings is 1. The van der Waals surface area contributed by atoms with Crippen molar-refractivity contribution in [3.63, 3.8) is 0 Å². The van der Waals surface area contributed by atoms with E-state index in [4.69, 9.17) is 11.6 Å². The van der Waals surface area contributed by atoms with Crippen LogP contribution in [0.3, 0.4) is 0 Å². The van der Waals surface area contributed by atoms with Gasteiger partial charge in [0.25, 0.3) is 0 Å². The molecule has 0 saturated heterocycles. The van der Waals surface area contributed by atoms with Crippen LogP contribution in [0.2, 0.25) is 5.02 Å². The Balaban J connectivity index is 1.75. The summed E-state index contributed by atoms with van der Waals surface area (Å²) in [6.07, 6.45) is 6.85. The van der Waals surface area contributed by atoms with Gasteiger partial charge in [-0.3, -0.25) is 0 Å². The van der Waals surface area contributed by atoms with Crippen molar-refractivity contribution in [3.05, 3.63) is 23.2 Å². The Kier molecular flexibility index (Phi) is 3.94. The zero-order valence-electron chi connectivity index (χ0n) is 11.2. The first kappa shape index (κ1) is 13.2. The van der Waals surface area contributed by atoms with Crippen molar-refractivity contribution in [2.24, 2.45) is 5.92 Å². The van der Waals surface area contributed by atoms with Crippen molar-refractivity contribution in [1.82, 2.24) is 4.98 Å². The van der Waals surface area contributed by atoms with E-state index in [1.54, 1.807) is 11.3 Å². The second-order valence-electron chi connectivity index (χ2n) is 5.44. The number of rotatable bonds is 3. The molecule has 1 atom stereocenters. The normalized spacial score (nSPS) is 18.6. The third-order valence-corrected chi connectivity index (χ3v) is 5.54. The molecule has 4 heteroatoms. The molecule has 1 fully saturated rings. The highest BCUT2D eigenvalue weighted by Gasteiger charge is 2.20. The molecular weight excluding hydrogens is 276 g/mol. The van der Waals surface area contributed by atoms with Crippen LogP contribution >= 0.6 is 22.9 Å². The minimum Gasteiger partial charge on any atom is -0.359 e. The minimum atomic E-state index is 0.500. The lowest BCUT2D eigenvalue weighted by Crippen LogP contribution is -2.27. The molecule has 1 aliphatic rings. The molecule has 1 saturated carbocycles. The average molecular weight is 295 g/mol. The highest BCUT2D eigenvalue weighted by Crippen LogP contribution is 2.34. The standard InChI is InChI=1S/C15H19ClN2S/c1-10(11-6-3-2-4-7-11)17-15-18-13-9-5-8-12(16)14(13)19-15/h5,8-11H,2-4,6-7H2,1H3,(H,17,18). The summed E-state index contributed by atoms with van der Waals surface area (Å²) in [5.41, 5.74) is 0.996. The van der Waals surface area contributed by atoms with Gasteiger partial charge in [-0.1, -0.05) is 48.3 Å². The fraction of sp³-hybridized carbons (Fsp3) is 0.533.